The predicted molar refractivity (Wildman–Crippen MR) is 74.2 cm³/mol. The smallest absolute Gasteiger partial charge is 0.241 e. The third-order valence-electron chi connectivity index (χ3n) is 2.50. The largest absolute Gasteiger partial charge is 0.505 e. The van der Waals surface area contributed by atoms with E-state index in [1.807, 2.05) is 20.8 Å². The molecule has 0 aliphatic heterocycles. The van der Waals surface area contributed by atoms with Crippen LogP contribution in [0.25, 0.3) is 0 Å². The Morgan fingerprint density at radius 3 is 2.17 bits per heavy atom. The normalized spacial score (nSPS) is 13.2. The van der Waals surface area contributed by atoms with Crippen LogP contribution in [0, 0.1) is 5.41 Å². The average Bonchev–Trinajstić information content (AvgIpc) is 2.23. The van der Waals surface area contributed by atoms with E-state index in [-0.39, 0.29) is 27.1 Å². The van der Waals surface area contributed by atoms with Crippen LogP contribution in [0.4, 0.5) is 5.69 Å². The molecule has 0 aromatic heterocycles. The predicted octanol–water partition coefficient (Wildman–Crippen LogP) is 3.01. The second-order valence-electron chi connectivity index (χ2n) is 5.12. The third kappa shape index (κ3) is 3.51. The lowest BCUT2D eigenvalue weighted by Gasteiger charge is -2.25. The van der Waals surface area contributed by atoms with Gasteiger partial charge in [-0.3, -0.25) is 4.79 Å². The number of rotatable bonds is 2. The number of phenolic OH excluding ortho intramolecular Hbond substituents is 1. The Bertz CT molecular complexity index is 447. The number of nitrogens with one attached hydrogen (secondary N) is 1. The molecule has 0 saturated carbocycles. The van der Waals surface area contributed by atoms with Crippen LogP contribution in [0.5, 0.6) is 5.75 Å². The molecule has 0 heterocycles. The molecule has 0 aliphatic carbocycles. The lowest BCUT2D eigenvalue weighted by atomic mass is 9.87. The van der Waals surface area contributed by atoms with Gasteiger partial charge < -0.3 is 16.2 Å². The highest BCUT2D eigenvalue weighted by molar-refractivity contribution is 6.37. The highest BCUT2D eigenvalue weighted by atomic mass is 35.5. The summed E-state index contributed by atoms with van der Waals surface area (Å²) in [5.74, 6) is -0.545. The van der Waals surface area contributed by atoms with E-state index in [1.165, 1.54) is 12.1 Å². The number of carbonyl (C=O) groups is 1. The minimum atomic E-state index is -0.663. The second-order valence-corrected chi connectivity index (χ2v) is 5.94. The Balaban J connectivity index is 2.90. The van der Waals surface area contributed by atoms with Gasteiger partial charge in [0.2, 0.25) is 5.91 Å². The van der Waals surface area contributed by atoms with E-state index < -0.39 is 6.04 Å². The van der Waals surface area contributed by atoms with Gasteiger partial charge in [0, 0.05) is 5.69 Å². The van der Waals surface area contributed by atoms with E-state index in [2.05, 4.69) is 5.32 Å². The first-order valence-corrected chi connectivity index (χ1v) is 6.13. The number of benzene rings is 1. The quantitative estimate of drug-likeness (QED) is 0.733. The Hall–Kier alpha value is -0.970. The van der Waals surface area contributed by atoms with Crippen LogP contribution in [-0.2, 0) is 4.79 Å². The number of anilines is 1. The highest BCUT2D eigenvalue weighted by Gasteiger charge is 2.27. The van der Waals surface area contributed by atoms with Gasteiger partial charge >= 0.3 is 0 Å². The van der Waals surface area contributed by atoms with Gasteiger partial charge in [-0.25, -0.2) is 0 Å². The van der Waals surface area contributed by atoms with Gasteiger partial charge in [-0.05, 0) is 17.5 Å². The van der Waals surface area contributed by atoms with E-state index in [0.717, 1.165) is 0 Å². The fourth-order valence-electron chi connectivity index (χ4n) is 1.25. The number of nitrogens with two attached hydrogens (primary N) is 1. The van der Waals surface area contributed by atoms with Crippen LogP contribution in [0.15, 0.2) is 12.1 Å². The minimum absolute atomic E-state index is 0.0714. The molecule has 0 radical (unpaired) electrons. The summed E-state index contributed by atoms with van der Waals surface area (Å²) in [6.45, 7) is 5.61. The van der Waals surface area contributed by atoms with Crippen molar-refractivity contribution < 1.29 is 9.90 Å². The van der Waals surface area contributed by atoms with Gasteiger partial charge in [-0.2, -0.15) is 0 Å². The molecule has 1 unspecified atom stereocenters. The van der Waals surface area contributed by atoms with Gasteiger partial charge in [-0.1, -0.05) is 44.0 Å². The Morgan fingerprint density at radius 1 is 1.33 bits per heavy atom. The minimum Gasteiger partial charge on any atom is -0.505 e. The van der Waals surface area contributed by atoms with Gasteiger partial charge in [0.05, 0.1) is 16.1 Å². The molecule has 0 saturated heterocycles. The maximum atomic E-state index is 11.9. The number of halogens is 2. The molecule has 1 rings (SSSR count). The maximum Gasteiger partial charge on any atom is 0.241 e. The molecule has 18 heavy (non-hydrogen) atoms. The first-order chi connectivity index (χ1) is 8.12. The highest BCUT2D eigenvalue weighted by Crippen LogP contribution is 2.34. The van der Waals surface area contributed by atoms with E-state index >= 15 is 0 Å². The van der Waals surface area contributed by atoms with Gasteiger partial charge in [0.1, 0.15) is 0 Å². The molecule has 6 heteroatoms. The van der Waals surface area contributed by atoms with E-state index in [0.29, 0.717) is 5.69 Å². The van der Waals surface area contributed by atoms with Crippen LogP contribution < -0.4 is 11.1 Å². The molecular formula is C12H16Cl2N2O2. The fraction of sp³-hybridized carbons (Fsp3) is 0.417. The summed E-state index contributed by atoms with van der Waals surface area (Å²) in [4.78, 5) is 11.9. The molecule has 100 valence electrons. The molecule has 1 amide bonds. The zero-order valence-electron chi connectivity index (χ0n) is 10.4. The van der Waals surface area contributed by atoms with Gasteiger partial charge in [0.15, 0.2) is 5.75 Å². The fourth-order valence-corrected chi connectivity index (χ4v) is 1.74. The number of phenols is 1. The molecule has 1 aromatic carbocycles. The van der Waals surface area contributed by atoms with Crippen LogP contribution in [0.2, 0.25) is 10.0 Å². The van der Waals surface area contributed by atoms with Crippen molar-refractivity contribution in [2.45, 2.75) is 26.8 Å². The molecule has 0 aliphatic rings. The van der Waals surface area contributed by atoms with E-state index in [9.17, 15) is 9.90 Å². The first kappa shape index (κ1) is 15.1. The summed E-state index contributed by atoms with van der Waals surface area (Å²) < 4.78 is 0. The monoisotopic (exact) mass is 290 g/mol. The van der Waals surface area contributed by atoms with E-state index in [1.54, 1.807) is 0 Å². The van der Waals surface area contributed by atoms with Crippen molar-refractivity contribution in [1.29, 1.82) is 0 Å². The zero-order chi connectivity index (χ0) is 14.1. The van der Waals surface area contributed by atoms with Gasteiger partial charge in [-0.15, -0.1) is 0 Å². The standard InChI is InChI=1S/C12H16Cl2N2O2/c1-12(2,3)10(15)11(18)16-6-4-7(13)9(17)8(14)5-6/h4-5,10,17H,15H2,1-3H3,(H,16,18). The Labute approximate surface area is 116 Å². The number of aromatic hydroxyl groups is 1. The SMILES string of the molecule is CC(C)(C)C(N)C(=O)Nc1cc(Cl)c(O)c(Cl)c1. The van der Waals surface area contributed by atoms with Crippen LogP contribution in [0.1, 0.15) is 20.8 Å². The number of carbonyl (C=O) groups excluding carboxylic acids is 1. The van der Waals surface area contributed by atoms with Crippen molar-refractivity contribution in [3.05, 3.63) is 22.2 Å². The summed E-state index contributed by atoms with van der Waals surface area (Å²) in [6.07, 6.45) is 0. The van der Waals surface area contributed by atoms with Crippen molar-refractivity contribution in [2.75, 3.05) is 5.32 Å². The van der Waals surface area contributed by atoms with Crippen LogP contribution >= 0.6 is 23.2 Å². The summed E-state index contributed by atoms with van der Waals surface area (Å²) >= 11 is 11.5. The Morgan fingerprint density at radius 2 is 1.78 bits per heavy atom. The van der Waals surface area contributed by atoms with Crippen LogP contribution in [-0.4, -0.2) is 17.1 Å². The van der Waals surface area contributed by atoms with E-state index in [4.69, 9.17) is 28.9 Å². The zero-order valence-corrected chi connectivity index (χ0v) is 11.9. The molecule has 4 nitrogen and oxygen atoms in total. The Kier molecular flexibility index (Phi) is 4.48. The molecule has 0 bridgehead atoms. The lowest BCUT2D eigenvalue weighted by molar-refractivity contribution is -0.119. The van der Waals surface area contributed by atoms with Crippen molar-refractivity contribution in [3.8, 4) is 5.75 Å². The van der Waals surface area contributed by atoms with Crippen molar-refractivity contribution >= 4 is 34.8 Å². The molecule has 1 aromatic rings. The van der Waals surface area contributed by atoms with Gasteiger partial charge in [0.25, 0.3) is 0 Å². The summed E-state index contributed by atoms with van der Waals surface area (Å²) in [6, 6.07) is 2.16. The number of hydrogen-bond acceptors (Lipinski definition) is 3. The topological polar surface area (TPSA) is 75.4 Å². The average molecular weight is 291 g/mol. The lowest BCUT2D eigenvalue weighted by Crippen LogP contribution is -2.45. The second kappa shape index (κ2) is 5.34. The third-order valence-corrected chi connectivity index (χ3v) is 3.08. The molecule has 4 N–H and O–H groups in total. The number of amides is 1. The molecule has 0 spiro atoms. The molecular weight excluding hydrogens is 275 g/mol. The maximum absolute atomic E-state index is 11.9. The summed E-state index contributed by atoms with van der Waals surface area (Å²) in [5.41, 5.74) is 5.86. The summed E-state index contributed by atoms with van der Waals surface area (Å²) in [5, 5.41) is 12.2. The van der Waals surface area contributed by atoms with Crippen molar-refractivity contribution in [1.82, 2.24) is 0 Å². The summed E-state index contributed by atoms with van der Waals surface area (Å²) in [7, 11) is 0. The van der Waals surface area contributed by atoms with Crippen molar-refractivity contribution in [2.24, 2.45) is 11.1 Å². The van der Waals surface area contributed by atoms with Crippen LogP contribution in [0.3, 0.4) is 0 Å². The molecule has 1 atom stereocenters. The first-order valence-electron chi connectivity index (χ1n) is 5.37. The number of hydrogen-bond donors (Lipinski definition) is 3. The van der Waals surface area contributed by atoms with Crippen molar-refractivity contribution in [3.63, 3.8) is 0 Å². The molecule has 0 fully saturated rings.